The van der Waals surface area contributed by atoms with E-state index < -0.39 is 5.82 Å². The van der Waals surface area contributed by atoms with Gasteiger partial charge in [-0.3, -0.25) is 0 Å². The van der Waals surface area contributed by atoms with Crippen LogP contribution in [-0.4, -0.2) is 10.1 Å². The van der Waals surface area contributed by atoms with E-state index in [-0.39, 0.29) is 17.0 Å². The van der Waals surface area contributed by atoms with Gasteiger partial charge in [0, 0.05) is 5.56 Å². The van der Waals surface area contributed by atoms with Crippen molar-refractivity contribution in [2.75, 3.05) is 0 Å². The standard InChI is InChI=1S/C12H11ClFN3O/c13-8-4-3-7(5-9(8)14)12-16-11(17-18-12)10(15)6-1-2-6/h3-6,10H,1-2,15H2. The minimum atomic E-state index is -0.514. The summed E-state index contributed by atoms with van der Waals surface area (Å²) >= 11 is 5.61. The second-order valence-electron chi connectivity index (χ2n) is 4.45. The Morgan fingerprint density at radius 1 is 1.44 bits per heavy atom. The van der Waals surface area contributed by atoms with E-state index in [2.05, 4.69) is 10.1 Å². The summed E-state index contributed by atoms with van der Waals surface area (Å²) in [5.41, 5.74) is 6.46. The zero-order valence-electron chi connectivity index (χ0n) is 9.44. The van der Waals surface area contributed by atoms with E-state index in [0.717, 1.165) is 12.8 Å². The molecule has 1 fully saturated rings. The molecule has 1 saturated carbocycles. The number of halogens is 2. The van der Waals surface area contributed by atoms with Crippen molar-refractivity contribution in [3.05, 3.63) is 34.9 Å². The zero-order chi connectivity index (χ0) is 12.7. The molecular weight excluding hydrogens is 257 g/mol. The topological polar surface area (TPSA) is 64.9 Å². The Kier molecular flexibility index (Phi) is 2.80. The SMILES string of the molecule is NC(c1noc(-c2ccc(Cl)c(F)c2)n1)C1CC1. The lowest BCUT2D eigenvalue weighted by Gasteiger charge is -2.01. The second-order valence-corrected chi connectivity index (χ2v) is 4.86. The molecule has 2 N–H and O–H groups in total. The molecule has 1 aromatic heterocycles. The molecule has 1 aliphatic carbocycles. The molecule has 1 atom stereocenters. The van der Waals surface area contributed by atoms with Gasteiger partial charge in [-0.2, -0.15) is 4.98 Å². The fraction of sp³-hybridized carbons (Fsp3) is 0.333. The Balaban J connectivity index is 1.89. The van der Waals surface area contributed by atoms with E-state index in [0.29, 0.717) is 17.3 Å². The average molecular weight is 268 g/mol. The van der Waals surface area contributed by atoms with Crippen LogP contribution in [0.5, 0.6) is 0 Å². The Morgan fingerprint density at radius 2 is 2.22 bits per heavy atom. The lowest BCUT2D eigenvalue weighted by molar-refractivity contribution is 0.411. The first-order chi connectivity index (χ1) is 8.65. The van der Waals surface area contributed by atoms with Gasteiger partial charge in [0.15, 0.2) is 5.82 Å². The predicted molar refractivity (Wildman–Crippen MR) is 64.4 cm³/mol. The Bertz CT molecular complexity index is 582. The van der Waals surface area contributed by atoms with Gasteiger partial charge in [-0.1, -0.05) is 16.8 Å². The van der Waals surface area contributed by atoms with Crippen molar-refractivity contribution < 1.29 is 8.91 Å². The molecule has 2 aromatic rings. The summed E-state index contributed by atoms with van der Waals surface area (Å²) in [4.78, 5) is 4.20. The fourth-order valence-electron chi connectivity index (χ4n) is 1.78. The highest BCUT2D eigenvalue weighted by Crippen LogP contribution is 2.38. The smallest absolute Gasteiger partial charge is 0.258 e. The van der Waals surface area contributed by atoms with Gasteiger partial charge in [0.1, 0.15) is 5.82 Å². The van der Waals surface area contributed by atoms with Gasteiger partial charge in [-0.05, 0) is 37.0 Å². The van der Waals surface area contributed by atoms with E-state index in [1.54, 1.807) is 6.07 Å². The molecule has 18 heavy (non-hydrogen) atoms. The summed E-state index contributed by atoms with van der Waals surface area (Å²) in [6.45, 7) is 0. The maximum absolute atomic E-state index is 13.3. The molecule has 1 heterocycles. The lowest BCUT2D eigenvalue weighted by atomic mass is 10.2. The largest absolute Gasteiger partial charge is 0.334 e. The van der Waals surface area contributed by atoms with Crippen LogP contribution < -0.4 is 5.73 Å². The van der Waals surface area contributed by atoms with Crippen LogP contribution in [0.3, 0.4) is 0 Å². The molecule has 94 valence electrons. The quantitative estimate of drug-likeness (QED) is 0.929. The summed E-state index contributed by atoms with van der Waals surface area (Å²) in [6, 6.07) is 4.16. The molecule has 6 heteroatoms. The van der Waals surface area contributed by atoms with Crippen molar-refractivity contribution in [1.29, 1.82) is 0 Å². The molecule has 0 spiro atoms. The molecule has 0 bridgehead atoms. The number of nitrogens with zero attached hydrogens (tertiary/aromatic N) is 2. The molecule has 0 aliphatic heterocycles. The van der Waals surface area contributed by atoms with Gasteiger partial charge >= 0.3 is 0 Å². The number of hydrogen-bond donors (Lipinski definition) is 1. The highest BCUT2D eigenvalue weighted by atomic mass is 35.5. The molecule has 0 amide bonds. The molecule has 1 aliphatic rings. The van der Waals surface area contributed by atoms with Crippen LogP contribution in [0.2, 0.25) is 5.02 Å². The minimum Gasteiger partial charge on any atom is -0.334 e. The first-order valence-electron chi connectivity index (χ1n) is 5.70. The summed E-state index contributed by atoms with van der Waals surface area (Å²) in [5.74, 6) is 0.664. The third-order valence-corrected chi connectivity index (χ3v) is 3.34. The summed E-state index contributed by atoms with van der Waals surface area (Å²) in [5, 5.41) is 3.90. The van der Waals surface area contributed by atoms with Crippen LogP contribution >= 0.6 is 11.6 Å². The van der Waals surface area contributed by atoms with Crippen LogP contribution in [0.1, 0.15) is 24.7 Å². The van der Waals surface area contributed by atoms with Crippen molar-refractivity contribution in [3.8, 4) is 11.5 Å². The number of nitrogens with two attached hydrogens (primary N) is 1. The number of aromatic nitrogens is 2. The molecular formula is C12H11ClFN3O. The van der Waals surface area contributed by atoms with Gasteiger partial charge in [-0.25, -0.2) is 4.39 Å². The Morgan fingerprint density at radius 3 is 2.89 bits per heavy atom. The van der Waals surface area contributed by atoms with E-state index in [1.807, 2.05) is 0 Å². The van der Waals surface area contributed by atoms with E-state index in [9.17, 15) is 4.39 Å². The maximum atomic E-state index is 13.3. The lowest BCUT2D eigenvalue weighted by Crippen LogP contribution is -2.13. The average Bonchev–Trinajstić information content (AvgIpc) is 3.09. The van der Waals surface area contributed by atoms with Crippen LogP contribution in [0.25, 0.3) is 11.5 Å². The van der Waals surface area contributed by atoms with Crippen molar-refractivity contribution in [2.45, 2.75) is 18.9 Å². The molecule has 0 radical (unpaired) electrons. The second kappa shape index (κ2) is 4.33. The van der Waals surface area contributed by atoms with Crippen molar-refractivity contribution in [1.82, 2.24) is 10.1 Å². The third kappa shape index (κ3) is 2.11. The van der Waals surface area contributed by atoms with Crippen LogP contribution in [0.15, 0.2) is 22.7 Å². The van der Waals surface area contributed by atoms with Crippen molar-refractivity contribution in [2.24, 2.45) is 11.7 Å². The summed E-state index contributed by atoms with van der Waals surface area (Å²) in [7, 11) is 0. The molecule has 0 saturated heterocycles. The molecule has 1 unspecified atom stereocenters. The number of rotatable bonds is 3. The van der Waals surface area contributed by atoms with Crippen LogP contribution in [0.4, 0.5) is 4.39 Å². The minimum absolute atomic E-state index is 0.0631. The van der Waals surface area contributed by atoms with Gasteiger partial charge < -0.3 is 10.3 Å². The molecule has 3 rings (SSSR count). The van der Waals surface area contributed by atoms with Gasteiger partial charge in [0.25, 0.3) is 5.89 Å². The van der Waals surface area contributed by atoms with Gasteiger partial charge in [-0.15, -0.1) is 0 Å². The third-order valence-electron chi connectivity index (χ3n) is 3.04. The van der Waals surface area contributed by atoms with E-state index >= 15 is 0 Å². The van der Waals surface area contributed by atoms with Crippen molar-refractivity contribution >= 4 is 11.6 Å². The van der Waals surface area contributed by atoms with Gasteiger partial charge in [0.2, 0.25) is 0 Å². The fourth-order valence-corrected chi connectivity index (χ4v) is 1.90. The van der Waals surface area contributed by atoms with Gasteiger partial charge in [0.05, 0.1) is 11.1 Å². The molecule has 4 nitrogen and oxygen atoms in total. The summed E-state index contributed by atoms with van der Waals surface area (Å²) < 4.78 is 18.4. The van der Waals surface area contributed by atoms with Crippen molar-refractivity contribution in [3.63, 3.8) is 0 Å². The monoisotopic (exact) mass is 267 g/mol. The normalized spacial score (nSPS) is 16.8. The summed E-state index contributed by atoms with van der Waals surface area (Å²) in [6.07, 6.45) is 2.20. The number of hydrogen-bond acceptors (Lipinski definition) is 4. The highest BCUT2D eigenvalue weighted by Gasteiger charge is 2.32. The van der Waals surface area contributed by atoms with Crippen LogP contribution in [0, 0.1) is 11.7 Å². The Labute approximate surface area is 108 Å². The Hall–Kier alpha value is -1.46. The molecule has 1 aromatic carbocycles. The first kappa shape index (κ1) is 11.6. The van der Waals surface area contributed by atoms with Crippen LogP contribution in [-0.2, 0) is 0 Å². The highest BCUT2D eigenvalue weighted by molar-refractivity contribution is 6.30. The predicted octanol–water partition coefficient (Wildman–Crippen LogP) is 2.94. The maximum Gasteiger partial charge on any atom is 0.258 e. The van der Waals surface area contributed by atoms with E-state index in [1.165, 1.54) is 12.1 Å². The number of benzene rings is 1. The first-order valence-corrected chi connectivity index (χ1v) is 6.07. The zero-order valence-corrected chi connectivity index (χ0v) is 10.2. The van der Waals surface area contributed by atoms with E-state index in [4.69, 9.17) is 21.9 Å².